The van der Waals surface area contributed by atoms with Crippen LogP contribution in [0.3, 0.4) is 0 Å². The summed E-state index contributed by atoms with van der Waals surface area (Å²) >= 11 is 12.3. The lowest BCUT2D eigenvalue weighted by atomic mass is 9.85. The Morgan fingerprint density at radius 3 is 2.78 bits per heavy atom. The largest absolute Gasteiger partial charge is 0.480 e. The lowest BCUT2D eigenvalue weighted by Crippen LogP contribution is -2.32. The van der Waals surface area contributed by atoms with E-state index < -0.39 is 11.9 Å². The molecule has 0 spiro atoms. The first-order valence-corrected chi connectivity index (χ1v) is 10.6. The molecule has 2 aliphatic heterocycles. The third-order valence-corrected chi connectivity index (χ3v) is 6.16. The fourth-order valence-electron chi connectivity index (χ4n) is 4.25. The highest BCUT2D eigenvalue weighted by Crippen LogP contribution is 2.51. The molecule has 2 atom stereocenters. The second kappa shape index (κ2) is 7.32. The Morgan fingerprint density at radius 1 is 1.06 bits per heavy atom. The Morgan fingerprint density at radius 2 is 1.97 bits per heavy atom. The molecule has 0 saturated carbocycles. The van der Waals surface area contributed by atoms with Crippen molar-refractivity contribution in [2.75, 3.05) is 5.32 Å². The summed E-state index contributed by atoms with van der Waals surface area (Å²) in [6.45, 7) is 0. The first kappa shape index (κ1) is 19.3. The Bertz CT molecular complexity index is 1390. The topological polar surface area (TPSA) is 64.9 Å². The third-order valence-electron chi connectivity index (χ3n) is 5.62. The molecule has 2 aliphatic rings. The van der Waals surface area contributed by atoms with Crippen LogP contribution in [0.25, 0.3) is 5.70 Å². The Kier molecular flexibility index (Phi) is 4.41. The summed E-state index contributed by atoms with van der Waals surface area (Å²) in [7, 11) is 0. The molecule has 4 heterocycles. The first-order chi connectivity index (χ1) is 15.6. The molecule has 0 bridgehead atoms. The average Bonchev–Trinajstić information content (AvgIpc) is 3.28. The molecular weight excluding hydrogens is 452 g/mol. The van der Waals surface area contributed by atoms with Crippen LogP contribution in [0.15, 0.2) is 72.8 Å². The molecule has 9 heteroatoms. The molecule has 0 fully saturated rings. The number of rotatable bonds is 2. The van der Waals surface area contributed by atoms with Crippen molar-refractivity contribution >= 4 is 34.8 Å². The van der Waals surface area contributed by atoms with E-state index in [1.54, 1.807) is 35.3 Å². The summed E-state index contributed by atoms with van der Waals surface area (Å²) in [5.74, 6) is 0.685. The van der Waals surface area contributed by atoms with Crippen LogP contribution in [-0.2, 0) is 0 Å². The van der Waals surface area contributed by atoms with Crippen molar-refractivity contribution < 1.29 is 9.13 Å². The van der Waals surface area contributed by atoms with Gasteiger partial charge in [0.25, 0.3) is 0 Å². The van der Waals surface area contributed by atoms with Gasteiger partial charge in [0.15, 0.2) is 0 Å². The molecule has 0 radical (unpaired) electrons. The maximum atomic E-state index is 14.4. The van der Waals surface area contributed by atoms with Gasteiger partial charge >= 0.3 is 0 Å². The van der Waals surface area contributed by atoms with E-state index in [1.165, 1.54) is 18.5 Å². The number of hydrogen-bond acceptors (Lipinski definition) is 5. The number of halogens is 3. The van der Waals surface area contributed by atoms with Crippen LogP contribution in [0.1, 0.15) is 28.8 Å². The van der Waals surface area contributed by atoms with Crippen LogP contribution in [0.5, 0.6) is 5.75 Å². The molecular formula is C23H14Cl2FN5O. The highest BCUT2D eigenvalue weighted by atomic mass is 35.5. The van der Waals surface area contributed by atoms with E-state index in [0.717, 1.165) is 22.4 Å². The SMILES string of the molecule is Fc1cc([C@H]2Oc3ccc(Cl)cc3C3=C2[C@H](c2cccnc2)n2ncnc2N3)ccc1Cl. The molecule has 0 unspecified atom stereocenters. The van der Waals surface area contributed by atoms with Gasteiger partial charge in [0, 0.05) is 28.6 Å². The number of aromatic nitrogens is 4. The maximum absolute atomic E-state index is 14.4. The van der Waals surface area contributed by atoms with Gasteiger partial charge in [-0.2, -0.15) is 10.1 Å². The van der Waals surface area contributed by atoms with E-state index in [0.29, 0.717) is 22.3 Å². The number of nitrogens with zero attached hydrogens (tertiary/aromatic N) is 4. The molecule has 4 aromatic rings. The van der Waals surface area contributed by atoms with Crippen molar-refractivity contribution in [2.24, 2.45) is 0 Å². The summed E-state index contributed by atoms with van der Waals surface area (Å²) in [5.41, 5.74) is 3.94. The van der Waals surface area contributed by atoms with Crippen molar-refractivity contribution in [3.05, 3.63) is 105 Å². The predicted molar refractivity (Wildman–Crippen MR) is 119 cm³/mol. The summed E-state index contributed by atoms with van der Waals surface area (Å²) in [5, 5.41) is 8.44. The van der Waals surface area contributed by atoms with Gasteiger partial charge in [-0.05, 0) is 47.5 Å². The van der Waals surface area contributed by atoms with Crippen molar-refractivity contribution in [3.8, 4) is 5.75 Å². The highest BCUT2D eigenvalue weighted by molar-refractivity contribution is 6.31. The van der Waals surface area contributed by atoms with E-state index in [4.69, 9.17) is 27.9 Å². The zero-order valence-corrected chi connectivity index (χ0v) is 17.8. The van der Waals surface area contributed by atoms with Gasteiger partial charge in [0.2, 0.25) is 5.95 Å². The molecule has 6 rings (SSSR count). The summed E-state index contributed by atoms with van der Waals surface area (Å²) in [6.07, 6.45) is 4.36. The van der Waals surface area contributed by atoms with Crippen molar-refractivity contribution in [1.29, 1.82) is 0 Å². The van der Waals surface area contributed by atoms with Crippen LogP contribution < -0.4 is 10.1 Å². The minimum atomic E-state index is -0.611. The molecule has 32 heavy (non-hydrogen) atoms. The molecule has 2 aromatic heterocycles. The maximum Gasteiger partial charge on any atom is 0.226 e. The minimum absolute atomic E-state index is 0.0510. The van der Waals surface area contributed by atoms with Crippen LogP contribution in [-0.4, -0.2) is 19.7 Å². The van der Waals surface area contributed by atoms with Gasteiger partial charge in [-0.3, -0.25) is 4.98 Å². The van der Waals surface area contributed by atoms with E-state index >= 15 is 0 Å². The number of nitrogens with one attached hydrogen (secondary N) is 1. The quantitative estimate of drug-likeness (QED) is 0.412. The van der Waals surface area contributed by atoms with Gasteiger partial charge in [-0.1, -0.05) is 35.3 Å². The molecule has 2 aromatic carbocycles. The lowest BCUT2D eigenvalue weighted by Gasteiger charge is -2.38. The van der Waals surface area contributed by atoms with E-state index in [-0.39, 0.29) is 11.1 Å². The van der Waals surface area contributed by atoms with Gasteiger partial charge in [0.1, 0.15) is 30.0 Å². The summed E-state index contributed by atoms with van der Waals surface area (Å²) in [6, 6.07) is 13.5. The normalized spacial score (nSPS) is 18.8. The number of hydrogen-bond donors (Lipinski definition) is 1. The Balaban J connectivity index is 1.64. The lowest BCUT2D eigenvalue weighted by molar-refractivity contribution is 0.222. The fraction of sp³-hybridized carbons (Fsp3) is 0.0870. The van der Waals surface area contributed by atoms with Gasteiger partial charge < -0.3 is 10.1 Å². The first-order valence-electron chi connectivity index (χ1n) is 9.82. The standard InChI is InChI=1S/C23H14Cl2FN5O/c24-14-4-6-18-15(9-14)20-19(22(32-18)12-3-5-16(25)17(26)8-12)21(13-2-1-7-27-10-13)31-23(30-20)28-11-29-31/h1-11,21-22H,(H,28,29,30)/t21-,22+/m0/s1. The average molecular weight is 466 g/mol. The van der Waals surface area contributed by atoms with Crippen molar-refractivity contribution in [2.45, 2.75) is 12.1 Å². The second-order valence-corrected chi connectivity index (χ2v) is 8.33. The summed E-state index contributed by atoms with van der Waals surface area (Å²) < 4.78 is 22.6. The predicted octanol–water partition coefficient (Wildman–Crippen LogP) is 5.68. The van der Waals surface area contributed by atoms with Crippen LogP contribution in [0.2, 0.25) is 10.0 Å². The van der Waals surface area contributed by atoms with Gasteiger partial charge in [-0.15, -0.1) is 0 Å². The number of pyridine rings is 1. The van der Waals surface area contributed by atoms with Gasteiger partial charge in [-0.25, -0.2) is 9.07 Å². The van der Waals surface area contributed by atoms with Crippen LogP contribution >= 0.6 is 23.2 Å². The number of benzene rings is 2. The summed E-state index contributed by atoms with van der Waals surface area (Å²) in [4.78, 5) is 8.67. The smallest absolute Gasteiger partial charge is 0.226 e. The van der Waals surface area contributed by atoms with E-state index in [2.05, 4.69) is 20.4 Å². The number of fused-ring (bicyclic) bond motifs is 3. The van der Waals surface area contributed by atoms with Crippen LogP contribution in [0.4, 0.5) is 10.3 Å². The zero-order chi connectivity index (χ0) is 21.8. The molecule has 0 aliphatic carbocycles. The van der Waals surface area contributed by atoms with Crippen molar-refractivity contribution in [1.82, 2.24) is 19.7 Å². The molecule has 6 nitrogen and oxygen atoms in total. The van der Waals surface area contributed by atoms with Crippen LogP contribution in [0, 0.1) is 5.82 Å². The highest BCUT2D eigenvalue weighted by Gasteiger charge is 2.41. The molecule has 0 amide bonds. The molecule has 0 saturated heterocycles. The zero-order valence-electron chi connectivity index (χ0n) is 16.3. The third kappa shape index (κ3) is 2.97. The second-order valence-electron chi connectivity index (χ2n) is 7.48. The van der Waals surface area contributed by atoms with Gasteiger partial charge in [0.05, 0.1) is 10.7 Å². The minimum Gasteiger partial charge on any atom is -0.480 e. The van der Waals surface area contributed by atoms with Crippen molar-refractivity contribution in [3.63, 3.8) is 0 Å². The molecule has 1 N–H and O–H groups in total. The number of ether oxygens (including phenoxy) is 1. The Hall–Kier alpha value is -3.42. The monoisotopic (exact) mass is 465 g/mol. The fourth-order valence-corrected chi connectivity index (χ4v) is 4.54. The van der Waals surface area contributed by atoms with E-state index in [9.17, 15) is 4.39 Å². The number of anilines is 1. The molecule has 158 valence electrons. The Labute approximate surface area is 192 Å². The van der Waals surface area contributed by atoms with E-state index in [1.807, 2.05) is 18.2 Å².